The summed E-state index contributed by atoms with van der Waals surface area (Å²) in [7, 11) is 1.59. The van der Waals surface area contributed by atoms with E-state index in [9.17, 15) is 9.59 Å². The second-order valence-corrected chi connectivity index (χ2v) is 6.14. The number of thiophene rings is 1. The minimum atomic E-state index is -0.916. The van der Waals surface area contributed by atoms with Crippen LogP contribution in [0.4, 0.5) is 4.79 Å². The number of carboxylic acid groups (broad SMARTS) is 1. The molecule has 0 spiro atoms. The fourth-order valence-electron chi connectivity index (χ4n) is 2.33. The number of ether oxygens (including phenoxy) is 1. The Morgan fingerprint density at radius 3 is 3.10 bits per heavy atom. The molecule has 1 aliphatic rings. The van der Waals surface area contributed by atoms with Crippen molar-refractivity contribution in [3.8, 4) is 0 Å². The lowest BCUT2D eigenvalue weighted by Crippen LogP contribution is -2.45. The molecule has 0 fully saturated rings. The Morgan fingerprint density at radius 1 is 1.62 bits per heavy atom. The van der Waals surface area contributed by atoms with Gasteiger partial charge in [0, 0.05) is 24.9 Å². The minimum absolute atomic E-state index is 0.0626. The Morgan fingerprint density at radius 2 is 2.38 bits per heavy atom. The average Bonchev–Trinajstić information content (AvgIpc) is 2.92. The van der Waals surface area contributed by atoms with Crippen molar-refractivity contribution in [2.24, 2.45) is 0 Å². The predicted molar refractivity (Wildman–Crippen MR) is 79.6 cm³/mol. The highest BCUT2D eigenvalue weighted by molar-refractivity contribution is 7.10. The summed E-state index contributed by atoms with van der Waals surface area (Å²) in [5.74, 6) is -0.916. The molecule has 0 saturated heterocycles. The monoisotopic (exact) mass is 312 g/mol. The average molecular weight is 312 g/mol. The summed E-state index contributed by atoms with van der Waals surface area (Å²) < 4.78 is 5.78. The smallest absolute Gasteiger partial charge is 0.317 e. The van der Waals surface area contributed by atoms with Gasteiger partial charge in [-0.2, -0.15) is 0 Å². The number of carbonyl (C=O) groups excluding carboxylic acids is 1. The van der Waals surface area contributed by atoms with E-state index in [0.717, 1.165) is 12.0 Å². The van der Waals surface area contributed by atoms with Crippen LogP contribution >= 0.6 is 11.3 Å². The second kappa shape index (κ2) is 6.91. The van der Waals surface area contributed by atoms with Crippen LogP contribution in [0.5, 0.6) is 0 Å². The number of nitrogens with one attached hydrogen (secondary N) is 1. The van der Waals surface area contributed by atoms with E-state index in [-0.39, 0.29) is 31.1 Å². The van der Waals surface area contributed by atoms with Gasteiger partial charge in [-0.3, -0.25) is 4.79 Å². The number of rotatable bonds is 5. The molecule has 0 aromatic carbocycles. The highest BCUT2D eigenvalue weighted by Gasteiger charge is 2.28. The number of hydrogen-bond donors (Lipinski definition) is 2. The van der Waals surface area contributed by atoms with Gasteiger partial charge in [0.05, 0.1) is 19.1 Å². The van der Waals surface area contributed by atoms with Crippen LogP contribution in [0.2, 0.25) is 0 Å². The third kappa shape index (κ3) is 3.95. The van der Waals surface area contributed by atoms with Gasteiger partial charge in [-0.05, 0) is 23.9 Å². The van der Waals surface area contributed by atoms with Crippen molar-refractivity contribution < 1.29 is 19.4 Å². The Balaban J connectivity index is 1.91. The first-order valence-electron chi connectivity index (χ1n) is 6.90. The van der Waals surface area contributed by atoms with Crippen LogP contribution in [0.1, 0.15) is 29.9 Å². The fourth-order valence-corrected chi connectivity index (χ4v) is 3.24. The zero-order valence-corrected chi connectivity index (χ0v) is 13.0. The lowest BCUT2D eigenvalue weighted by Gasteiger charge is -2.30. The number of fused-ring (bicyclic) bond motifs is 1. The van der Waals surface area contributed by atoms with Gasteiger partial charge in [0.25, 0.3) is 0 Å². The number of nitrogens with zero attached hydrogens (tertiary/aromatic N) is 1. The molecule has 1 aromatic rings. The molecular weight excluding hydrogens is 292 g/mol. The predicted octanol–water partition coefficient (Wildman–Crippen LogP) is 1.87. The van der Waals surface area contributed by atoms with Crippen LogP contribution in [-0.2, 0) is 16.0 Å². The van der Waals surface area contributed by atoms with E-state index in [2.05, 4.69) is 5.32 Å². The maximum absolute atomic E-state index is 12.0. The Hall–Kier alpha value is -1.60. The molecule has 21 heavy (non-hydrogen) atoms. The molecule has 1 aliphatic heterocycles. The van der Waals surface area contributed by atoms with Crippen LogP contribution in [0.3, 0.4) is 0 Å². The van der Waals surface area contributed by atoms with E-state index >= 15 is 0 Å². The molecule has 0 bridgehead atoms. The van der Waals surface area contributed by atoms with Crippen molar-refractivity contribution >= 4 is 23.3 Å². The van der Waals surface area contributed by atoms with Crippen molar-refractivity contribution in [1.29, 1.82) is 0 Å². The molecular formula is C14H20N2O4S. The number of amides is 2. The van der Waals surface area contributed by atoms with E-state index < -0.39 is 5.97 Å². The van der Waals surface area contributed by atoms with Gasteiger partial charge in [0.15, 0.2) is 0 Å². The van der Waals surface area contributed by atoms with Crippen LogP contribution in [0.15, 0.2) is 11.4 Å². The molecule has 6 nitrogen and oxygen atoms in total. The summed E-state index contributed by atoms with van der Waals surface area (Å²) in [6.07, 6.45) is 0.715. The molecule has 116 valence electrons. The molecule has 2 atom stereocenters. The quantitative estimate of drug-likeness (QED) is 0.870. The molecule has 0 aliphatic carbocycles. The molecule has 2 N–H and O–H groups in total. The lowest BCUT2D eigenvalue weighted by molar-refractivity contribution is -0.137. The highest BCUT2D eigenvalue weighted by atomic mass is 32.1. The van der Waals surface area contributed by atoms with Gasteiger partial charge in [-0.1, -0.05) is 0 Å². The van der Waals surface area contributed by atoms with Crippen LogP contribution in [-0.4, -0.2) is 48.2 Å². The van der Waals surface area contributed by atoms with E-state index in [1.807, 2.05) is 18.4 Å². The van der Waals surface area contributed by atoms with Gasteiger partial charge in [0.2, 0.25) is 0 Å². The standard InChI is InChI=1S/C14H20N2O4S/c1-9(15-14(19)16(2)6-3-12(17)18)13-10-5-8-21-11(10)4-7-20-13/h5,8-9,13H,3-4,6-7H2,1-2H3,(H,15,19)(H,17,18). The number of carboxylic acids is 1. The van der Waals surface area contributed by atoms with E-state index in [0.29, 0.717) is 6.61 Å². The van der Waals surface area contributed by atoms with Crippen LogP contribution in [0.25, 0.3) is 0 Å². The van der Waals surface area contributed by atoms with E-state index in [1.54, 1.807) is 18.4 Å². The zero-order chi connectivity index (χ0) is 15.4. The summed E-state index contributed by atoms with van der Waals surface area (Å²) in [6.45, 7) is 2.75. The minimum Gasteiger partial charge on any atom is -0.481 e. The summed E-state index contributed by atoms with van der Waals surface area (Å²) in [5, 5.41) is 13.6. The summed E-state index contributed by atoms with van der Waals surface area (Å²) in [5.41, 5.74) is 1.15. The van der Waals surface area contributed by atoms with Crippen LogP contribution in [0, 0.1) is 0 Å². The maximum Gasteiger partial charge on any atom is 0.317 e. The molecule has 1 aromatic heterocycles. The maximum atomic E-state index is 12.0. The Bertz CT molecular complexity index is 517. The summed E-state index contributed by atoms with van der Waals surface area (Å²) >= 11 is 1.71. The molecule has 2 unspecified atom stereocenters. The normalized spacial score (nSPS) is 18.7. The molecule has 2 amide bonds. The summed E-state index contributed by atoms with van der Waals surface area (Å²) in [6, 6.07) is 1.59. The van der Waals surface area contributed by atoms with Crippen molar-refractivity contribution in [2.75, 3.05) is 20.2 Å². The van der Waals surface area contributed by atoms with E-state index in [4.69, 9.17) is 9.84 Å². The van der Waals surface area contributed by atoms with Crippen molar-refractivity contribution in [1.82, 2.24) is 10.2 Å². The third-order valence-electron chi connectivity index (χ3n) is 3.53. The second-order valence-electron chi connectivity index (χ2n) is 5.14. The molecule has 7 heteroatoms. The first-order valence-corrected chi connectivity index (χ1v) is 7.78. The molecule has 2 rings (SSSR count). The number of urea groups is 1. The third-order valence-corrected chi connectivity index (χ3v) is 4.52. The number of aliphatic carboxylic acids is 1. The van der Waals surface area contributed by atoms with Gasteiger partial charge >= 0.3 is 12.0 Å². The van der Waals surface area contributed by atoms with Gasteiger partial charge < -0.3 is 20.1 Å². The topological polar surface area (TPSA) is 78.9 Å². The first kappa shape index (κ1) is 15.8. The molecule has 0 saturated carbocycles. The zero-order valence-electron chi connectivity index (χ0n) is 12.2. The Kier molecular flexibility index (Phi) is 5.19. The van der Waals surface area contributed by atoms with Gasteiger partial charge in [-0.15, -0.1) is 11.3 Å². The Labute approximate surface area is 127 Å². The lowest BCUT2D eigenvalue weighted by atomic mass is 10.0. The largest absolute Gasteiger partial charge is 0.481 e. The summed E-state index contributed by atoms with van der Waals surface area (Å²) in [4.78, 5) is 25.2. The number of hydrogen-bond acceptors (Lipinski definition) is 4. The highest BCUT2D eigenvalue weighted by Crippen LogP contribution is 2.33. The number of carbonyl (C=O) groups is 2. The molecule has 0 radical (unpaired) electrons. The van der Waals surface area contributed by atoms with Crippen molar-refractivity contribution in [3.05, 3.63) is 21.9 Å². The first-order chi connectivity index (χ1) is 9.99. The molecule has 2 heterocycles. The van der Waals surface area contributed by atoms with Crippen molar-refractivity contribution in [3.63, 3.8) is 0 Å². The van der Waals surface area contributed by atoms with Crippen LogP contribution < -0.4 is 5.32 Å². The van der Waals surface area contributed by atoms with Gasteiger partial charge in [0.1, 0.15) is 6.10 Å². The SMILES string of the molecule is CC(NC(=O)N(C)CCC(=O)O)C1OCCc2sccc21. The van der Waals surface area contributed by atoms with Crippen molar-refractivity contribution in [2.45, 2.75) is 31.9 Å². The van der Waals surface area contributed by atoms with Gasteiger partial charge in [-0.25, -0.2) is 4.79 Å². The van der Waals surface area contributed by atoms with E-state index in [1.165, 1.54) is 9.78 Å². The fraction of sp³-hybridized carbons (Fsp3) is 0.571.